The van der Waals surface area contributed by atoms with Gasteiger partial charge in [-0.15, -0.1) is 0 Å². The van der Waals surface area contributed by atoms with Crippen LogP contribution in [0.5, 0.6) is 0 Å². The smallest absolute Gasteiger partial charge is 0.407 e. The first-order chi connectivity index (χ1) is 15.4. The van der Waals surface area contributed by atoms with Crippen molar-refractivity contribution in [2.45, 2.75) is 59.1 Å². The second-order valence-electron chi connectivity index (χ2n) is 8.18. The van der Waals surface area contributed by atoms with Gasteiger partial charge in [0.05, 0.1) is 13.2 Å². The van der Waals surface area contributed by atoms with Crippen molar-refractivity contribution in [3.05, 3.63) is 42.0 Å². The Morgan fingerprint density at radius 3 is 1.94 bits per heavy atom. The number of nitrogens with one attached hydrogen (secondary N) is 2. The standard InChI is InChI=1S/C24H34N2O7/c1-7-31-20(28)24(26-17(3)27,21(29)32-8-2)15-14-19(18-12-10-9-11-13-18)16-25-22(30)33-23(4,5)6/h9-14H,7-8,15-16H2,1-6H3,(H,25,30)(H,26,27)/b19-14-. The molecule has 0 heterocycles. The number of esters is 2. The van der Waals surface area contributed by atoms with Crippen LogP contribution in [0.4, 0.5) is 4.79 Å². The fourth-order valence-electron chi connectivity index (χ4n) is 2.91. The summed E-state index contributed by atoms with van der Waals surface area (Å²) in [4.78, 5) is 49.7. The van der Waals surface area contributed by atoms with Gasteiger partial charge in [-0.2, -0.15) is 0 Å². The zero-order valence-corrected chi connectivity index (χ0v) is 20.2. The van der Waals surface area contributed by atoms with Crippen LogP contribution in [-0.2, 0) is 28.6 Å². The molecule has 0 spiro atoms. The summed E-state index contributed by atoms with van der Waals surface area (Å²) in [5, 5.41) is 5.10. The quantitative estimate of drug-likeness (QED) is 0.312. The number of carbonyl (C=O) groups is 4. The van der Waals surface area contributed by atoms with Crippen LogP contribution < -0.4 is 10.6 Å². The summed E-state index contributed by atoms with van der Waals surface area (Å²) in [6.45, 7) is 9.71. The van der Waals surface area contributed by atoms with Crippen molar-refractivity contribution in [2.75, 3.05) is 19.8 Å². The number of hydrogen-bond acceptors (Lipinski definition) is 7. The van der Waals surface area contributed by atoms with Crippen molar-refractivity contribution in [1.29, 1.82) is 0 Å². The van der Waals surface area contributed by atoms with Crippen molar-refractivity contribution in [3.63, 3.8) is 0 Å². The van der Waals surface area contributed by atoms with Gasteiger partial charge in [0, 0.05) is 19.9 Å². The van der Waals surface area contributed by atoms with Gasteiger partial charge in [0.2, 0.25) is 11.4 Å². The van der Waals surface area contributed by atoms with Crippen LogP contribution in [0.2, 0.25) is 0 Å². The largest absolute Gasteiger partial charge is 0.464 e. The third-order valence-electron chi connectivity index (χ3n) is 4.26. The summed E-state index contributed by atoms with van der Waals surface area (Å²) in [6, 6.07) is 9.10. The predicted octanol–water partition coefficient (Wildman–Crippen LogP) is 2.99. The Morgan fingerprint density at radius 1 is 0.939 bits per heavy atom. The van der Waals surface area contributed by atoms with E-state index in [1.54, 1.807) is 40.7 Å². The molecule has 0 aromatic heterocycles. The van der Waals surface area contributed by atoms with Crippen LogP contribution in [0.3, 0.4) is 0 Å². The summed E-state index contributed by atoms with van der Waals surface area (Å²) in [5.74, 6) is -2.46. The minimum Gasteiger partial charge on any atom is -0.464 e. The molecule has 0 saturated heterocycles. The van der Waals surface area contributed by atoms with E-state index in [1.807, 2.05) is 30.3 Å². The number of hydrogen-bond donors (Lipinski definition) is 2. The highest BCUT2D eigenvalue weighted by Gasteiger charge is 2.49. The van der Waals surface area contributed by atoms with E-state index in [-0.39, 0.29) is 26.2 Å². The molecule has 9 nitrogen and oxygen atoms in total. The van der Waals surface area contributed by atoms with E-state index >= 15 is 0 Å². The Bertz CT molecular complexity index is 839. The first kappa shape index (κ1) is 27.7. The molecule has 0 aliphatic carbocycles. The van der Waals surface area contributed by atoms with E-state index in [1.165, 1.54) is 6.92 Å². The molecule has 1 aromatic rings. The third-order valence-corrected chi connectivity index (χ3v) is 4.26. The van der Waals surface area contributed by atoms with E-state index in [4.69, 9.17) is 14.2 Å². The lowest BCUT2D eigenvalue weighted by atomic mass is 9.92. The molecule has 182 valence electrons. The fourth-order valence-corrected chi connectivity index (χ4v) is 2.91. The van der Waals surface area contributed by atoms with Crippen molar-refractivity contribution >= 4 is 29.5 Å². The monoisotopic (exact) mass is 462 g/mol. The van der Waals surface area contributed by atoms with Gasteiger partial charge in [-0.1, -0.05) is 36.4 Å². The van der Waals surface area contributed by atoms with Crippen LogP contribution in [-0.4, -0.2) is 54.8 Å². The van der Waals surface area contributed by atoms with Crippen molar-refractivity contribution in [1.82, 2.24) is 10.6 Å². The van der Waals surface area contributed by atoms with E-state index < -0.39 is 35.1 Å². The second-order valence-corrected chi connectivity index (χ2v) is 8.18. The second kappa shape index (κ2) is 12.6. The molecular formula is C24H34N2O7. The highest BCUT2D eigenvalue weighted by Crippen LogP contribution is 2.22. The molecule has 2 amide bonds. The minimum absolute atomic E-state index is 0.00896. The van der Waals surface area contributed by atoms with E-state index in [2.05, 4.69) is 10.6 Å². The van der Waals surface area contributed by atoms with Gasteiger partial charge in [0.15, 0.2) is 0 Å². The van der Waals surface area contributed by atoms with Crippen molar-refractivity contribution in [3.8, 4) is 0 Å². The first-order valence-electron chi connectivity index (χ1n) is 10.8. The Kier molecular flexibility index (Phi) is 10.6. The SMILES string of the molecule is CCOC(=O)C(C/C=C(/CNC(=O)OC(C)(C)C)c1ccccc1)(NC(C)=O)C(=O)OCC. The van der Waals surface area contributed by atoms with Crippen LogP contribution >= 0.6 is 0 Å². The molecule has 0 aliphatic heterocycles. The van der Waals surface area contributed by atoms with Gasteiger partial charge in [0.1, 0.15) is 5.60 Å². The molecule has 0 atom stereocenters. The van der Waals surface area contributed by atoms with Gasteiger partial charge in [-0.25, -0.2) is 14.4 Å². The van der Waals surface area contributed by atoms with Crippen LogP contribution in [0.15, 0.2) is 36.4 Å². The molecule has 0 aliphatic rings. The normalized spacial score (nSPS) is 11.9. The molecule has 0 fully saturated rings. The molecule has 0 radical (unpaired) electrons. The number of alkyl carbamates (subject to hydrolysis) is 1. The highest BCUT2D eigenvalue weighted by molar-refractivity contribution is 6.08. The van der Waals surface area contributed by atoms with E-state index in [0.717, 1.165) is 5.56 Å². The number of ether oxygens (including phenoxy) is 3. The Labute approximate surface area is 194 Å². The maximum atomic E-state index is 12.8. The summed E-state index contributed by atoms with van der Waals surface area (Å²) >= 11 is 0. The topological polar surface area (TPSA) is 120 Å². The lowest BCUT2D eigenvalue weighted by Crippen LogP contribution is -2.60. The minimum atomic E-state index is -2.07. The predicted molar refractivity (Wildman–Crippen MR) is 123 cm³/mol. The maximum absolute atomic E-state index is 12.8. The maximum Gasteiger partial charge on any atom is 0.407 e. The lowest BCUT2D eigenvalue weighted by Gasteiger charge is -2.29. The van der Waals surface area contributed by atoms with Gasteiger partial charge in [-0.05, 0) is 45.8 Å². The summed E-state index contributed by atoms with van der Waals surface area (Å²) in [7, 11) is 0. The average molecular weight is 463 g/mol. The van der Waals surface area contributed by atoms with Crippen LogP contribution in [0, 0.1) is 0 Å². The van der Waals surface area contributed by atoms with Crippen LogP contribution in [0.25, 0.3) is 5.57 Å². The molecule has 0 bridgehead atoms. The average Bonchev–Trinajstić information content (AvgIpc) is 2.72. The fraction of sp³-hybridized carbons (Fsp3) is 0.500. The molecule has 9 heteroatoms. The Hall–Kier alpha value is -3.36. The molecule has 1 rings (SSSR count). The summed E-state index contributed by atoms with van der Waals surface area (Å²) < 4.78 is 15.5. The molecular weight excluding hydrogens is 428 g/mol. The van der Waals surface area contributed by atoms with Crippen molar-refractivity contribution < 1.29 is 33.4 Å². The molecule has 33 heavy (non-hydrogen) atoms. The van der Waals surface area contributed by atoms with Gasteiger partial charge < -0.3 is 24.8 Å². The summed E-state index contributed by atoms with van der Waals surface area (Å²) in [6.07, 6.45) is 0.731. The molecule has 0 unspecified atom stereocenters. The summed E-state index contributed by atoms with van der Waals surface area (Å²) in [5.41, 5.74) is -1.39. The molecule has 1 aromatic carbocycles. The van der Waals surface area contributed by atoms with Gasteiger partial charge in [-0.3, -0.25) is 4.79 Å². The number of carbonyl (C=O) groups excluding carboxylic acids is 4. The zero-order chi connectivity index (χ0) is 25.1. The Balaban J connectivity index is 3.36. The van der Waals surface area contributed by atoms with E-state index in [0.29, 0.717) is 5.57 Å². The number of rotatable bonds is 10. The van der Waals surface area contributed by atoms with Crippen LogP contribution in [0.1, 0.15) is 53.5 Å². The van der Waals surface area contributed by atoms with Gasteiger partial charge >= 0.3 is 18.0 Å². The zero-order valence-electron chi connectivity index (χ0n) is 20.2. The lowest BCUT2D eigenvalue weighted by molar-refractivity contribution is -0.167. The molecule has 2 N–H and O–H groups in total. The van der Waals surface area contributed by atoms with Crippen molar-refractivity contribution in [2.24, 2.45) is 0 Å². The number of benzene rings is 1. The number of amides is 2. The highest BCUT2D eigenvalue weighted by atomic mass is 16.6. The molecule has 0 saturated carbocycles. The van der Waals surface area contributed by atoms with E-state index in [9.17, 15) is 19.2 Å². The Morgan fingerprint density at radius 2 is 1.48 bits per heavy atom. The first-order valence-corrected chi connectivity index (χ1v) is 10.8. The third kappa shape index (κ3) is 8.96. The van der Waals surface area contributed by atoms with Gasteiger partial charge in [0.25, 0.3) is 0 Å².